The van der Waals surface area contributed by atoms with Crippen LogP contribution in [0.4, 0.5) is 4.79 Å². The minimum atomic E-state index is -1.33. The zero-order valence-corrected chi connectivity index (χ0v) is 14.3. The van der Waals surface area contributed by atoms with Gasteiger partial charge in [-0.3, -0.25) is 9.69 Å². The van der Waals surface area contributed by atoms with Crippen molar-refractivity contribution in [1.82, 2.24) is 10.2 Å². The van der Waals surface area contributed by atoms with Crippen molar-refractivity contribution in [2.45, 2.75) is 38.1 Å². The van der Waals surface area contributed by atoms with Crippen LogP contribution in [-0.2, 0) is 16.1 Å². The second-order valence-corrected chi connectivity index (χ2v) is 12.2. The van der Waals surface area contributed by atoms with Crippen molar-refractivity contribution in [3.63, 3.8) is 0 Å². The largest absolute Gasteiger partial charge is 0.378 e. The van der Waals surface area contributed by atoms with Crippen LogP contribution < -0.4 is 10.5 Å². The van der Waals surface area contributed by atoms with Crippen LogP contribution in [0.15, 0.2) is 24.3 Å². The zero-order chi connectivity index (χ0) is 16.0. The van der Waals surface area contributed by atoms with Gasteiger partial charge in [-0.1, -0.05) is 49.1 Å². The standard InChI is InChI=1S/C16H22N2O3Si/c1-22(2,3)13-6-4-12(5-7-13)10-18-14(19)16(17-15(18)20)8-9-21-11-16/h4-7H,8-11H2,1-3H3,(H,17,20)/t16-/m1/s1. The van der Waals surface area contributed by atoms with Crippen molar-refractivity contribution < 1.29 is 14.3 Å². The number of nitrogens with zero attached hydrogens (tertiary/aromatic N) is 1. The molecule has 1 spiro atoms. The summed E-state index contributed by atoms with van der Waals surface area (Å²) in [6, 6.07) is 7.96. The molecule has 5 nitrogen and oxygen atoms in total. The fraction of sp³-hybridized carbons (Fsp3) is 0.500. The van der Waals surface area contributed by atoms with E-state index >= 15 is 0 Å². The smallest absolute Gasteiger partial charge is 0.325 e. The molecule has 0 radical (unpaired) electrons. The highest BCUT2D eigenvalue weighted by Crippen LogP contribution is 2.27. The van der Waals surface area contributed by atoms with Crippen molar-refractivity contribution in [1.29, 1.82) is 0 Å². The molecule has 1 N–H and O–H groups in total. The van der Waals surface area contributed by atoms with E-state index < -0.39 is 13.6 Å². The fourth-order valence-electron chi connectivity index (χ4n) is 2.94. The van der Waals surface area contributed by atoms with E-state index in [1.165, 1.54) is 10.1 Å². The molecule has 0 aliphatic carbocycles. The van der Waals surface area contributed by atoms with E-state index in [0.29, 0.717) is 19.6 Å². The van der Waals surface area contributed by atoms with E-state index in [1.54, 1.807) is 0 Å². The van der Waals surface area contributed by atoms with Crippen LogP contribution in [0, 0.1) is 0 Å². The minimum Gasteiger partial charge on any atom is -0.378 e. The van der Waals surface area contributed by atoms with Gasteiger partial charge in [-0.15, -0.1) is 0 Å². The Hall–Kier alpha value is -1.66. The Morgan fingerprint density at radius 3 is 2.45 bits per heavy atom. The Kier molecular flexibility index (Phi) is 3.61. The Morgan fingerprint density at radius 1 is 1.23 bits per heavy atom. The maximum Gasteiger partial charge on any atom is 0.325 e. The number of rotatable bonds is 3. The first kappa shape index (κ1) is 15.2. The highest BCUT2D eigenvalue weighted by atomic mass is 28.3. The van der Waals surface area contributed by atoms with Crippen molar-refractivity contribution in [2.24, 2.45) is 0 Å². The maximum absolute atomic E-state index is 12.5. The van der Waals surface area contributed by atoms with Crippen LogP contribution in [0.3, 0.4) is 0 Å². The first-order valence-electron chi connectivity index (χ1n) is 7.63. The number of amides is 3. The van der Waals surface area contributed by atoms with Crippen LogP contribution in [0.25, 0.3) is 0 Å². The molecule has 3 amide bonds. The highest BCUT2D eigenvalue weighted by Gasteiger charge is 2.53. The number of imide groups is 1. The van der Waals surface area contributed by atoms with Crippen LogP contribution in [0.1, 0.15) is 12.0 Å². The third kappa shape index (κ3) is 2.57. The van der Waals surface area contributed by atoms with Crippen molar-refractivity contribution in [3.05, 3.63) is 29.8 Å². The Morgan fingerprint density at radius 2 is 1.91 bits per heavy atom. The molecule has 2 saturated heterocycles. The molecule has 0 unspecified atom stereocenters. The molecule has 2 heterocycles. The molecule has 2 aliphatic rings. The fourth-order valence-corrected chi connectivity index (χ4v) is 4.11. The van der Waals surface area contributed by atoms with Gasteiger partial charge in [0.1, 0.15) is 5.54 Å². The molecule has 1 aromatic rings. The summed E-state index contributed by atoms with van der Waals surface area (Å²) in [5.41, 5.74) is 0.150. The summed E-state index contributed by atoms with van der Waals surface area (Å²) in [6.45, 7) is 8.00. The summed E-state index contributed by atoms with van der Waals surface area (Å²) in [6.07, 6.45) is 0.558. The summed E-state index contributed by atoms with van der Waals surface area (Å²) >= 11 is 0. The molecule has 6 heteroatoms. The molecular formula is C16H22N2O3Si. The van der Waals surface area contributed by atoms with Gasteiger partial charge in [0.2, 0.25) is 0 Å². The summed E-state index contributed by atoms with van der Waals surface area (Å²) < 4.78 is 5.30. The van der Waals surface area contributed by atoms with Gasteiger partial charge in [-0.2, -0.15) is 0 Å². The topological polar surface area (TPSA) is 58.6 Å². The molecule has 3 rings (SSSR count). The van der Waals surface area contributed by atoms with E-state index in [9.17, 15) is 9.59 Å². The van der Waals surface area contributed by atoms with Gasteiger partial charge in [-0.25, -0.2) is 4.79 Å². The van der Waals surface area contributed by atoms with Gasteiger partial charge < -0.3 is 10.1 Å². The average Bonchev–Trinajstić information content (AvgIpc) is 3.00. The summed E-state index contributed by atoms with van der Waals surface area (Å²) in [7, 11) is -1.33. The molecule has 0 saturated carbocycles. The number of nitrogens with one attached hydrogen (secondary N) is 1. The number of hydrogen-bond acceptors (Lipinski definition) is 3. The molecule has 2 fully saturated rings. The van der Waals surface area contributed by atoms with Gasteiger partial charge in [-0.05, 0) is 5.56 Å². The monoisotopic (exact) mass is 318 g/mol. The molecule has 0 bridgehead atoms. The second kappa shape index (κ2) is 5.21. The number of ether oxygens (including phenoxy) is 1. The SMILES string of the molecule is C[Si](C)(C)c1ccc(CN2C(=O)N[C@@]3(CCOC3)C2=O)cc1. The van der Waals surface area contributed by atoms with Crippen LogP contribution in [0.2, 0.25) is 19.6 Å². The molecular weight excluding hydrogens is 296 g/mol. The lowest BCUT2D eigenvalue weighted by molar-refractivity contribution is -0.131. The Balaban J connectivity index is 1.76. The van der Waals surface area contributed by atoms with Crippen molar-refractivity contribution in [3.8, 4) is 0 Å². The Bertz CT molecular complexity index is 601. The van der Waals surface area contributed by atoms with Gasteiger partial charge in [0.05, 0.1) is 21.2 Å². The second-order valence-electron chi connectivity index (χ2n) is 7.15. The van der Waals surface area contributed by atoms with Gasteiger partial charge in [0.25, 0.3) is 5.91 Å². The number of benzene rings is 1. The van der Waals surface area contributed by atoms with Gasteiger partial charge >= 0.3 is 6.03 Å². The quantitative estimate of drug-likeness (QED) is 0.678. The number of hydrogen-bond donors (Lipinski definition) is 1. The molecule has 22 heavy (non-hydrogen) atoms. The van der Waals surface area contributed by atoms with Crippen molar-refractivity contribution >= 4 is 25.2 Å². The highest BCUT2D eigenvalue weighted by molar-refractivity contribution is 6.88. The van der Waals surface area contributed by atoms with Gasteiger partial charge in [0.15, 0.2) is 0 Å². The lowest BCUT2D eigenvalue weighted by Gasteiger charge is -2.19. The summed E-state index contributed by atoms with van der Waals surface area (Å²) in [5, 5.41) is 4.17. The third-order valence-corrected chi connectivity index (χ3v) is 6.49. The number of carbonyl (C=O) groups excluding carboxylic acids is 2. The van der Waals surface area contributed by atoms with Crippen molar-refractivity contribution in [2.75, 3.05) is 13.2 Å². The normalized spacial score (nSPS) is 25.1. The first-order chi connectivity index (χ1) is 10.3. The van der Waals surface area contributed by atoms with Gasteiger partial charge in [0, 0.05) is 13.0 Å². The number of urea groups is 1. The van der Waals surface area contributed by atoms with E-state index in [-0.39, 0.29) is 18.5 Å². The van der Waals surface area contributed by atoms with E-state index in [1.807, 2.05) is 12.1 Å². The van der Waals surface area contributed by atoms with E-state index in [2.05, 4.69) is 37.1 Å². The first-order valence-corrected chi connectivity index (χ1v) is 11.1. The number of carbonyl (C=O) groups is 2. The zero-order valence-electron chi connectivity index (χ0n) is 13.3. The molecule has 0 aromatic heterocycles. The summed E-state index contributed by atoms with van der Waals surface area (Å²) in [4.78, 5) is 26.0. The minimum absolute atomic E-state index is 0.163. The van der Waals surface area contributed by atoms with E-state index in [4.69, 9.17) is 4.74 Å². The molecule has 118 valence electrons. The Labute approximate surface area is 131 Å². The lowest BCUT2D eigenvalue weighted by atomic mass is 9.99. The summed E-state index contributed by atoms with van der Waals surface area (Å²) in [5.74, 6) is -0.163. The average molecular weight is 318 g/mol. The lowest BCUT2D eigenvalue weighted by Crippen LogP contribution is -2.47. The molecule has 1 aromatic carbocycles. The predicted molar refractivity (Wildman–Crippen MR) is 86.7 cm³/mol. The van der Waals surface area contributed by atoms with E-state index in [0.717, 1.165) is 5.56 Å². The van der Waals surface area contributed by atoms with Crippen LogP contribution >= 0.6 is 0 Å². The van der Waals surface area contributed by atoms with Crippen LogP contribution in [-0.4, -0.2) is 43.7 Å². The maximum atomic E-state index is 12.5. The third-order valence-electron chi connectivity index (χ3n) is 4.43. The van der Waals surface area contributed by atoms with Crippen LogP contribution in [0.5, 0.6) is 0 Å². The molecule has 1 atom stereocenters. The molecule has 2 aliphatic heterocycles. The predicted octanol–water partition coefficient (Wildman–Crippen LogP) is 1.44.